The number of nitrogens with zero attached hydrogens (tertiary/aromatic N) is 1. The average Bonchev–Trinajstić information content (AvgIpc) is 3.51. The standard InChI is InChI=1S/C30H16N2S/c1-2-6-16(7-3-1)32-21-13-12-20-27-25-17(8-4-10-19(25)31-20)18-9-5-11-23-26(18)30-24(33-23)15-14-22(32)29(30)28(21)27/h1-15,31H. The van der Waals surface area contributed by atoms with Crippen LogP contribution in [-0.4, -0.2) is 9.55 Å². The number of fused-ring (bicyclic) bond motifs is 1. The Bertz CT molecular complexity index is 2040. The highest BCUT2D eigenvalue weighted by molar-refractivity contribution is 7.26. The molecule has 0 aliphatic heterocycles. The van der Waals surface area contributed by atoms with Crippen LogP contribution in [0.15, 0.2) is 91.0 Å². The summed E-state index contributed by atoms with van der Waals surface area (Å²) in [5.74, 6) is 0. The van der Waals surface area contributed by atoms with Crippen LogP contribution in [0.4, 0.5) is 0 Å². The lowest BCUT2D eigenvalue weighted by molar-refractivity contribution is 1.18. The quantitative estimate of drug-likeness (QED) is 0.265. The monoisotopic (exact) mass is 436 g/mol. The second-order valence-electron chi connectivity index (χ2n) is 9.02. The molecule has 0 bridgehead atoms. The van der Waals surface area contributed by atoms with Gasteiger partial charge in [-0.25, -0.2) is 0 Å². The van der Waals surface area contributed by atoms with Gasteiger partial charge in [0.2, 0.25) is 0 Å². The van der Waals surface area contributed by atoms with Gasteiger partial charge in [-0.2, -0.15) is 0 Å². The molecular formula is C30H16N2S. The summed E-state index contributed by atoms with van der Waals surface area (Å²) in [6.45, 7) is 0. The van der Waals surface area contributed by atoms with E-state index in [1.807, 2.05) is 11.3 Å². The predicted molar refractivity (Wildman–Crippen MR) is 143 cm³/mol. The van der Waals surface area contributed by atoms with Crippen LogP contribution in [0.3, 0.4) is 0 Å². The molecular weight excluding hydrogens is 420 g/mol. The third-order valence-electron chi connectivity index (χ3n) is 7.44. The smallest absolute Gasteiger partial charge is 0.0549 e. The molecule has 2 nitrogen and oxygen atoms in total. The Morgan fingerprint density at radius 1 is 0.485 bits per heavy atom. The maximum absolute atomic E-state index is 3.73. The van der Waals surface area contributed by atoms with Gasteiger partial charge in [0.05, 0.1) is 11.0 Å². The zero-order valence-corrected chi connectivity index (χ0v) is 18.3. The second kappa shape index (κ2) is 5.45. The molecule has 0 atom stereocenters. The van der Waals surface area contributed by atoms with E-state index >= 15 is 0 Å². The van der Waals surface area contributed by atoms with Gasteiger partial charge in [0.25, 0.3) is 0 Å². The van der Waals surface area contributed by atoms with Crippen molar-refractivity contribution in [2.75, 3.05) is 0 Å². The molecule has 3 aromatic heterocycles. The lowest BCUT2D eigenvalue weighted by Crippen LogP contribution is -1.92. The molecule has 0 saturated carbocycles. The summed E-state index contributed by atoms with van der Waals surface area (Å²) in [6.07, 6.45) is 0. The molecule has 1 N–H and O–H groups in total. The molecule has 0 aliphatic carbocycles. The molecule has 9 aromatic rings. The van der Waals surface area contributed by atoms with Crippen molar-refractivity contribution in [3.63, 3.8) is 0 Å². The molecule has 3 heterocycles. The van der Waals surface area contributed by atoms with Crippen molar-refractivity contribution < 1.29 is 0 Å². The van der Waals surface area contributed by atoms with Gasteiger partial charge in [0.15, 0.2) is 0 Å². The van der Waals surface area contributed by atoms with E-state index in [-0.39, 0.29) is 0 Å². The van der Waals surface area contributed by atoms with Crippen LogP contribution in [0, 0.1) is 0 Å². The Hall–Kier alpha value is -4.08. The highest BCUT2D eigenvalue weighted by atomic mass is 32.1. The Morgan fingerprint density at radius 3 is 2.06 bits per heavy atom. The Morgan fingerprint density at radius 2 is 1.18 bits per heavy atom. The molecule has 3 heteroatoms. The molecule has 6 aromatic carbocycles. The fourth-order valence-corrected chi connectivity index (χ4v) is 7.38. The van der Waals surface area contributed by atoms with E-state index in [9.17, 15) is 0 Å². The first kappa shape index (κ1) is 16.5. The molecule has 0 amide bonds. The number of hydrogen-bond donors (Lipinski definition) is 1. The second-order valence-corrected chi connectivity index (χ2v) is 10.1. The minimum absolute atomic E-state index is 1.20. The van der Waals surface area contributed by atoms with Crippen LogP contribution in [0.5, 0.6) is 0 Å². The number of thiophene rings is 1. The van der Waals surface area contributed by atoms with Gasteiger partial charge >= 0.3 is 0 Å². The van der Waals surface area contributed by atoms with Crippen LogP contribution < -0.4 is 0 Å². The van der Waals surface area contributed by atoms with E-state index < -0.39 is 0 Å². The van der Waals surface area contributed by atoms with Gasteiger partial charge in [-0.1, -0.05) is 42.5 Å². The van der Waals surface area contributed by atoms with Gasteiger partial charge in [-0.15, -0.1) is 11.3 Å². The van der Waals surface area contributed by atoms with E-state index in [1.165, 1.54) is 80.2 Å². The summed E-state index contributed by atoms with van der Waals surface area (Å²) in [5, 5.41) is 10.9. The number of aromatic amines is 1. The van der Waals surface area contributed by atoms with E-state index in [0.717, 1.165) is 0 Å². The maximum atomic E-state index is 3.73. The summed E-state index contributed by atoms with van der Waals surface area (Å²) >= 11 is 1.91. The summed E-state index contributed by atoms with van der Waals surface area (Å²) in [5.41, 5.74) is 6.17. The molecule has 0 aliphatic rings. The Labute approximate surface area is 191 Å². The van der Waals surface area contributed by atoms with Crippen molar-refractivity contribution in [2.45, 2.75) is 0 Å². The van der Waals surface area contributed by atoms with Gasteiger partial charge in [-0.05, 0) is 59.3 Å². The summed E-state index contributed by atoms with van der Waals surface area (Å²) in [6, 6.07) is 33.5. The molecule has 0 spiro atoms. The molecule has 152 valence electrons. The van der Waals surface area contributed by atoms with Crippen LogP contribution in [-0.2, 0) is 0 Å². The molecule has 0 fully saturated rings. The molecule has 0 unspecified atom stereocenters. The predicted octanol–water partition coefficient (Wildman–Crippen LogP) is 8.81. The fourth-order valence-electron chi connectivity index (χ4n) is 6.24. The topological polar surface area (TPSA) is 20.7 Å². The number of benzene rings is 5. The van der Waals surface area contributed by atoms with E-state index in [4.69, 9.17) is 0 Å². The van der Waals surface area contributed by atoms with Crippen molar-refractivity contribution in [3.05, 3.63) is 91.0 Å². The highest BCUT2D eigenvalue weighted by Crippen LogP contribution is 2.50. The number of rotatable bonds is 1. The van der Waals surface area contributed by atoms with Crippen LogP contribution in [0.25, 0.3) is 80.2 Å². The third-order valence-corrected chi connectivity index (χ3v) is 8.57. The largest absolute Gasteiger partial charge is 0.354 e. The lowest BCUT2D eigenvalue weighted by atomic mass is 9.95. The Balaban J connectivity index is 1.77. The van der Waals surface area contributed by atoms with Gasteiger partial charge in [-0.3, -0.25) is 0 Å². The molecule has 0 saturated heterocycles. The van der Waals surface area contributed by atoms with Crippen LogP contribution >= 0.6 is 11.3 Å². The van der Waals surface area contributed by atoms with Gasteiger partial charge in [0.1, 0.15) is 0 Å². The van der Waals surface area contributed by atoms with E-state index in [0.29, 0.717) is 0 Å². The van der Waals surface area contributed by atoms with Crippen LogP contribution in [0.1, 0.15) is 0 Å². The van der Waals surface area contributed by atoms with Crippen molar-refractivity contribution in [2.24, 2.45) is 0 Å². The Kier molecular flexibility index (Phi) is 2.73. The number of para-hydroxylation sites is 1. The number of hydrogen-bond acceptors (Lipinski definition) is 1. The maximum Gasteiger partial charge on any atom is 0.0549 e. The van der Waals surface area contributed by atoms with Crippen molar-refractivity contribution in [3.8, 4) is 5.69 Å². The number of aromatic nitrogens is 2. The summed E-state index contributed by atoms with van der Waals surface area (Å²) in [4.78, 5) is 3.73. The lowest BCUT2D eigenvalue weighted by Gasteiger charge is -2.07. The molecule has 9 rings (SSSR count). The first-order chi connectivity index (χ1) is 16.4. The van der Waals surface area contributed by atoms with E-state index in [2.05, 4.69) is 101 Å². The minimum Gasteiger partial charge on any atom is -0.354 e. The summed E-state index contributed by atoms with van der Waals surface area (Å²) < 4.78 is 5.17. The zero-order valence-electron chi connectivity index (χ0n) is 17.5. The summed E-state index contributed by atoms with van der Waals surface area (Å²) in [7, 11) is 0. The number of nitrogens with one attached hydrogen (secondary N) is 1. The third kappa shape index (κ3) is 1.81. The number of H-pyrrole nitrogens is 1. The van der Waals surface area contributed by atoms with Crippen molar-refractivity contribution in [1.82, 2.24) is 9.55 Å². The van der Waals surface area contributed by atoms with Crippen molar-refractivity contribution in [1.29, 1.82) is 0 Å². The van der Waals surface area contributed by atoms with E-state index in [1.54, 1.807) is 0 Å². The SMILES string of the molecule is c1ccc(-n2c3ccc4[nH]c5cccc6c7cccc8sc9ccc2c(c9c87)c3c4c56)cc1. The van der Waals surface area contributed by atoms with Crippen molar-refractivity contribution >= 4 is 85.9 Å². The first-order valence-corrected chi connectivity index (χ1v) is 12.1. The van der Waals surface area contributed by atoms with Crippen LogP contribution in [0.2, 0.25) is 0 Å². The fraction of sp³-hybridized carbons (Fsp3) is 0. The van der Waals surface area contributed by atoms with Gasteiger partial charge in [0, 0.05) is 58.4 Å². The normalized spacial score (nSPS) is 12.8. The highest BCUT2D eigenvalue weighted by Gasteiger charge is 2.24. The zero-order chi connectivity index (χ0) is 21.3. The average molecular weight is 437 g/mol. The van der Waals surface area contributed by atoms with Gasteiger partial charge < -0.3 is 9.55 Å². The minimum atomic E-state index is 1.20. The molecule has 33 heavy (non-hydrogen) atoms. The first-order valence-electron chi connectivity index (χ1n) is 11.3. The molecule has 0 radical (unpaired) electrons.